The predicted octanol–water partition coefficient (Wildman–Crippen LogP) is 3.87. The molecule has 4 heteroatoms. The average Bonchev–Trinajstić information content (AvgIpc) is 2.90. The number of nitrogens with zero attached hydrogens (tertiary/aromatic N) is 1. The second kappa shape index (κ2) is 7.22. The number of benzene rings is 1. The highest BCUT2D eigenvalue weighted by Crippen LogP contribution is 2.21. The standard InChI is InChI=1S/C16H20N2OS/c1-4-9-19-15-8-6-5-7-14(15)10-17-13(3)16-18-12(2)11-20-16/h4-8,11,13,17H,1,9-10H2,2-3H3. The fraction of sp³-hybridized carbons (Fsp3) is 0.312. The van der Waals surface area contributed by atoms with Crippen LogP contribution in [0.5, 0.6) is 5.75 Å². The number of hydrogen-bond donors (Lipinski definition) is 1. The molecule has 0 bridgehead atoms. The van der Waals surface area contributed by atoms with Crippen molar-refractivity contribution < 1.29 is 4.74 Å². The van der Waals surface area contributed by atoms with E-state index in [0.717, 1.165) is 28.6 Å². The molecule has 20 heavy (non-hydrogen) atoms. The lowest BCUT2D eigenvalue weighted by Gasteiger charge is -2.14. The lowest BCUT2D eigenvalue weighted by molar-refractivity contribution is 0.357. The molecule has 2 aromatic rings. The number of hydrogen-bond acceptors (Lipinski definition) is 4. The van der Waals surface area contributed by atoms with E-state index in [4.69, 9.17) is 4.74 Å². The van der Waals surface area contributed by atoms with Crippen LogP contribution in [0.2, 0.25) is 0 Å². The van der Waals surface area contributed by atoms with Crippen molar-refractivity contribution in [1.82, 2.24) is 10.3 Å². The summed E-state index contributed by atoms with van der Waals surface area (Å²) in [5.74, 6) is 0.905. The Balaban J connectivity index is 1.98. The number of ether oxygens (including phenoxy) is 1. The average molecular weight is 288 g/mol. The van der Waals surface area contributed by atoms with Crippen molar-refractivity contribution in [2.24, 2.45) is 0 Å². The van der Waals surface area contributed by atoms with Gasteiger partial charge in [0.1, 0.15) is 17.4 Å². The van der Waals surface area contributed by atoms with Crippen LogP contribution in [-0.2, 0) is 6.54 Å². The molecule has 1 heterocycles. The minimum absolute atomic E-state index is 0.237. The van der Waals surface area contributed by atoms with Crippen LogP contribution in [0.25, 0.3) is 0 Å². The van der Waals surface area contributed by atoms with Gasteiger partial charge in [-0.2, -0.15) is 0 Å². The summed E-state index contributed by atoms with van der Waals surface area (Å²) in [5.41, 5.74) is 2.22. The smallest absolute Gasteiger partial charge is 0.124 e. The molecule has 0 aliphatic carbocycles. The number of thiazole rings is 1. The van der Waals surface area contributed by atoms with Gasteiger partial charge in [-0.3, -0.25) is 0 Å². The lowest BCUT2D eigenvalue weighted by atomic mass is 10.2. The van der Waals surface area contributed by atoms with Crippen molar-refractivity contribution in [2.45, 2.75) is 26.4 Å². The van der Waals surface area contributed by atoms with Gasteiger partial charge in [0.2, 0.25) is 0 Å². The first-order valence-electron chi connectivity index (χ1n) is 6.67. The summed E-state index contributed by atoms with van der Waals surface area (Å²) < 4.78 is 5.66. The van der Waals surface area contributed by atoms with Crippen LogP contribution in [0.4, 0.5) is 0 Å². The normalized spacial score (nSPS) is 12.1. The summed E-state index contributed by atoms with van der Waals surface area (Å²) in [6.07, 6.45) is 1.76. The van der Waals surface area contributed by atoms with E-state index in [1.807, 2.05) is 25.1 Å². The van der Waals surface area contributed by atoms with Gasteiger partial charge >= 0.3 is 0 Å². The van der Waals surface area contributed by atoms with Crippen molar-refractivity contribution in [1.29, 1.82) is 0 Å². The molecule has 2 rings (SSSR count). The lowest BCUT2D eigenvalue weighted by Crippen LogP contribution is -2.18. The molecule has 1 N–H and O–H groups in total. The molecule has 106 valence electrons. The molecule has 1 atom stereocenters. The monoisotopic (exact) mass is 288 g/mol. The Morgan fingerprint density at radius 3 is 2.95 bits per heavy atom. The largest absolute Gasteiger partial charge is 0.489 e. The van der Waals surface area contributed by atoms with Gasteiger partial charge in [0, 0.05) is 23.2 Å². The molecule has 1 unspecified atom stereocenters. The molecule has 0 radical (unpaired) electrons. The molecule has 0 spiro atoms. The summed E-state index contributed by atoms with van der Waals surface area (Å²) in [6, 6.07) is 8.30. The molecule has 1 aromatic heterocycles. The SMILES string of the molecule is C=CCOc1ccccc1CNC(C)c1nc(C)cs1. The number of rotatable bonds is 7. The predicted molar refractivity (Wildman–Crippen MR) is 84.2 cm³/mol. The Labute approximate surface area is 124 Å². The molecule has 1 aromatic carbocycles. The van der Waals surface area contributed by atoms with E-state index in [-0.39, 0.29) is 6.04 Å². The Hall–Kier alpha value is -1.65. The van der Waals surface area contributed by atoms with Gasteiger partial charge < -0.3 is 10.1 Å². The van der Waals surface area contributed by atoms with Crippen LogP contribution in [0.15, 0.2) is 42.3 Å². The number of nitrogens with one attached hydrogen (secondary N) is 1. The maximum Gasteiger partial charge on any atom is 0.124 e. The zero-order valence-electron chi connectivity index (χ0n) is 11.9. The zero-order chi connectivity index (χ0) is 14.4. The van der Waals surface area contributed by atoms with Crippen molar-refractivity contribution in [3.05, 3.63) is 58.6 Å². The van der Waals surface area contributed by atoms with Gasteiger partial charge in [-0.05, 0) is 19.9 Å². The molecule has 0 saturated carbocycles. The summed E-state index contributed by atoms with van der Waals surface area (Å²) >= 11 is 1.69. The minimum Gasteiger partial charge on any atom is -0.489 e. The van der Waals surface area contributed by atoms with Gasteiger partial charge in [-0.25, -0.2) is 4.98 Å². The van der Waals surface area contributed by atoms with E-state index in [1.165, 1.54) is 0 Å². The number of para-hydroxylation sites is 1. The molecule has 0 saturated heterocycles. The van der Waals surface area contributed by atoms with Crippen molar-refractivity contribution in [2.75, 3.05) is 6.61 Å². The second-order valence-corrected chi connectivity index (χ2v) is 5.53. The maximum atomic E-state index is 5.66. The maximum absolute atomic E-state index is 5.66. The van der Waals surface area contributed by atoms with Crippen LogP contribution in [0.3, 0.4) is 0 Å². The fourth-order valence-electron chi connectivity index (χ4n) is 1.86. The zero-order valence-corrected chi connectivity index (χ0v) is 12.7. The van der Waals surface area contributed by atoms with E-state index in [9.17, 15) is 0 Å². The molecular weight excluding hydrogens is 268 g/mol. The summed E-state index contributed by atoms with van der Waals surface area (Å²) in [6.45, 7) is 9.11. The highest BCUT2D eigenvalue weighted by molar-refractivity contribution is 7.09. The van der Waals surface area contributed by atoms with E-state index in [1.54, 1.807) is 17.4 Å². The van der Waals surface area contributed by atoms with Gasteiger partial charge in [0.15, 0.2) is 0 Å². The van der Waals surface area contributed by atoms with Crippen LogP contribution in [0, 0.1) is 6.92 Å². The third kappa shape index (κ3) is 3.92. The first-order chi connectivity index (χ1) is 9.70. The molecule has 0 aliphatic heterocycles. The molecular formula is C16H20N2OS. The Morgan fingerprint density at radius 1 is 1.45 bits per heavy atom. The number of aryl methyl sites for hydroxylation is 1. The van der Waals surface area contributed by atoms with Gasteiger partial charge in [-0.15, -0.1) is 11.3 Å². The Kier molecular flexibility index (Phi) is 5.32. The van der Waals surface area contributed by atoms with E-state index < -0.39 is 0 Å². The van der Waals surface area contributed by atoms with Crippen molar-refractivity contribution in [3.8, 4) is 5.75 Å². The summed E-state index contributed by atoms with van der Waals surface area (Å²) in [4.78, 5) is 4.51. The van der Waals surface area contributed by atoms with E-state index in [0.29, 0.717) is 6.61 Å². The van der Waals surface area contributed by atoms with Crippen LogP contribution < -0.4 is 10.1 Å². The molecule has 0 fully saturated rings. The van der Waals surface area contributed by atoms with Crippen LogP contribution >= 0.6 is 11.3 Å². The topological polar surface area (TPSA) is 34.1 Å². The van der Waals surface area contributed by atoms with E-state index in [2.05, 4.69) is 35.2 Å². The first kappa shape index (κ1) is 14.8. The van der Waals surface area contributed by atoms with Crippen LogP contribution in [-0.4, -0.2) is 11.6 Å². The molecule has 0 amide bonds. The highest BCUT2D eigenvalue weighted by Gasteiger charge is 2.10. The third-order valence-electron chi connectivity index (χ3n) is 2.94. The number of aromatic nitrogens is 1. The molecule has 0 aliphatic rings. The van der Waals surface area contributed by atoms with Gasteiger partial charge in [0.05, 0.1) is 6.04 Å². The minimum atomic E-state index is 0.237. The van der Waals surface area contributed by atoms with Gasteiger partial charge in [0.25, 0.3) is 0 Å². The Bertz CT molecular complexity index is 565. The quantitative estimate of drug-likeness (QED) is 0.785. The van der Waals surface area contributed by atoms with Crippen LogP contribution in [0.1, 0.15) is 29.2 Å². The first-order valence-corrected chi connectivity index (χ1v) is 7.55. The fourth-order valence-corrected chi connectivity index (χ4v) is 2.69. The summed E-state index contributed by atoms with van der Waals surface area (Å²) in [5, 5.41) is 6.68. The van der Waals surface area contributed by atoms with Crippen molar-refractivity contribution in [3.63, 3.8) is 0 Å². The van der Waals surface area contributed by atoms with Crippen molar-refractivity contribution >= 4 is 11.3 Å². The highest BCUT2D eigenvalue weighted by atomic mass is 32.1. The molecule has 3 nitrogen and oxygen atoms in total. The second-order valence-electron chi connectivity index (χ2n) is 4.64. The third-order valence-corrected chi connectivity index (χ3v) is 4.08. The van der Waals surface area contributed by atoms with Gasteiger partial charge in [-0.1, -0.05) is 30.9 Å². The van der Waals surface area contributed by atoms with E-state index >= 15 is 0 Å². The summed E-state index contributed by atoms with van der Waals surface area (Å²) in [7, 11) is 0. The Morgan fingerprint density at radius 2 is 2.25 bits per heavy atom.